The van der Waals surface area contributed by atoms with Crippen molar-refractivity contribution in [3.63, 3.8) is 0 Å². The summed E-state index contributed by atoms with van der Waals surface area (Å²) in [6.07, 6.45) is 0.890. The molecule has 1 aromatic carbocycles. The van der Waals surface area contributed by atoms with Crippen molar-refractivity contribution in [2.45, 2.75) is 11.4 Å². The fourth-order valence-electron chi connectivity index (χ4n) is 1.84. The molecule has 0 unspecified atom stereocenters. The van der Waals surface area contributed by atoms with Gasteiger partial charge >= 0.3 is 0 Å². The Morgan fingerprint density at radius 1 is 1.35 bits per heavy atom. The number of thioether (sulfide) groups is 1. The van der Waals surface area contributed by atoms with Crippen LogP contribution < -0.4 is 9.47 Å². The molecule has 0 fully saturated rings. The van der Waals surface area contributed by atoms with E-state index in [-0.39, 0.29) is 0 Å². The molecule has 0 N–H and O–H groups in total. The Bertz CT molecular complexity index is 422. The second-order valence-electron chi connectivity index (χ2n) is 3.74. The highest BCUT2D eigenvalue weighted by atomic mass is 32.2. The standard InChI is InChI=1S/C12H15NO3S/c1-15-10-5-9-7-13(8-14)3-4-17-12(9)11(6-10)16-2/h5-6,8H,3-4,7H2,1-2H3. The summed E-state index contributed by atoms with van der Waals surface area (Å²) in [4.78, 5) is 13.8. The topological polar surface area (TPSA) is 38.8 Å². The number of ether oxygens (including phenoxy) is 2. The predicted molar refractivity (Wildman–Crippen MR) is 66.7 cm³/mol. The van der Waals surface area contributed by atoms with Gasteiger partial charge in [0.2, 0.25) is 6.41 Å². The zero-order valence-corrected chi connectivity index (χ0v) is 10.8. The molecular weight excluding hydrogens is 238 g/mol. The number of carbonyl (C=O) groups excluding carboxylic acids is 1. The maximum atomic E-state index is 10.9. The molecule has 0 saturated carbocycles. The minimum atomic E-state index is 0.611. The van der Waals surface area contributed by atoms with Crippen molar-refractivity contribution < 1.29 is 14.3 Å². The van der Waals surface area contributed by atoms with E-state index < -0.39 is 0 Å². The molecule has 0 radical (unpaired) electrons. The first-order chi connectivity index (χ1) is 8.28. The summed E-state index contributed by atoms with van der Waals surface area (Å²) < 4.78 is 10.6. The molecule has 0 aliphatic carbocycles. The molecule has 1 aliphatic rings. The normalized spacial score (nSPS) is 14.8. The van der Waals surface area contributed by atoms with Gasteiger partial charge in [-0.3, -0.25) is 4.79 Å². The Hall–Kier alpha value is -1.36. The van der Waals surface area contributed by atoms with Crippen molar-refractivity contribution in [2.75, 3.05) is 26.5 Å². The van der Waals surface area contributed by atoms with Crippen molar-refractivity contribution >= 4 is 18.2 Å². The summed E-state index contributed by atoms with van der Waals surface area (Å²) in [6, 6.07) is 3.84. The number of amides is 1. The second-order valence-corrected chi connectivity index (χ2v) is 4.85. The van der Waals surface area contributed by atoms with Crippen LogP contribution in [-0.2, 0) is 11.3 Å². The van der Waals surface area contributed by atoms with E-state index in [0.29, 0.717) is 6.54 Å². The third-order valence-corrected chi connectivity index (χ3v) is 3.85. The van der Waals surface area contributed by atoms with Crippen LogP contribution in [0, 0.1) is 0 Å². The minimum absolute atomic E-state index is 0.611. The lowest BCUT2D eigenvalue weighted by molar-refractivity contribution is -0.118. The largest absolute Gasteiger partial charge is 0.497 e. The van der Waals surface area contributed by atoms with Crippen molar-refractivity contribution in [1.29, 1.82) is 0 Å². The van der Waals surface area contributed by atoms with E-state index in [9.17, 15) is 4.79 Å². The molecule has 0 saturated heterocycles. The molecule has 1 amide bonds. The zero-order valence-electron chi connectivity index (χ0n) is 9.93. The summed E-state index contributed by atoms with van der Waals surface area (Å²) in [5.74, 6) is 2.46. The van der Waals surface area contributed by atoms with E-state index in [2.05, 4.69) is 0 Å². The van der Waals surface area contributed by atoms with Gasteiger partial charge in [0.1, 0.15) is 11.5 Å². The Labute approximate surface area is 105 Å². The molecule has 0 bridgehead atoms. The van der Waals surface area contributed by atoms with Gasteiger partial charge in [-0.05, 0) is 11.6 Å². The number of fused-ring (bicyclic) bond motifs is 1. The number of rotatable bonds is 3. The van der Waals surface area contributed by atoms with Crippen LogP contribution in [0.15, 0.2) is 17.0 Å². The molecule has 1 aliphatic heterocycles. The predicted octanol–water partition coefficient (Wildman–Crippen LogP) is 1.77. The highest BCUT2D eigenvalue weighted by Gasteiger charge is 2.18. The van der Waals surface area contributed by atoms with E-state index in [1.165, 1.54) is 0 Å². The molecule has 4 nitrogen and oxygen atoms in total. The van der Waals surface area contributed by atoms with Crippen LogP contribution in [0.25, 0.3) is 0 Å². The molecule has 2 rings (SSSR count). The fourth-order valence-corrected chi connectivity index (χ4v) is 2.96. The van der Waals surface area contributed by atoms with Crippen LogP contribution in [0.2, 0.25) is 0 Å². The molecule has 17 heavy (non-hydrogen) atoms. The summed E-state index contributed by atoms with van der Waals surface area (Å²) in [7, 11) is 3.28. The van der Waals surface area contributed by atoms with Gasteiger partial charge in [-0.15, -0.1) is 11.8 Å². The summed E-state index contributed by atoms with van der Waals surface area (Å²) in [5, 5.41) is 0. The molecular formula is C12H15NO3S. The first-order valence-corrected chi connectivity index (χ1v) is 6.34. The van der Waals surface area contributed by atoms with E-state index in [4.69, 9.17) is 9.47 Å². The van der Waals surface area contributed by atoms with Gasteiger partial charge in [-0.2, -0.15) is 0 Å². The summed E-state index contributed by atoms with van der Waals surface area (Å²) in [6.45, 7) is 1.37. The lowest BCUT2D eigenvalue weighted by Gasteiger charge is -2.15. The molecule has 1 heterocycles. The first kappa shape index (κ1) is 12.1. The number of nitrogens with zero attached hydrogens (tertiary/aromatic N) is 1. The molecule has 0 aromatic heterocycles. The van der Waals surface area contributed by atoms with Gasteiger partial charge in [0.15, 0.2) is 0 Å². The van der Waals surface area contributed by atoms with Crippen LogP contribution in [0.4, 0.5) is 0 Å². The highest BCUT2D eigenvalue weighted by molar-refractivity contribution is 7.99. The van der Waals surface area contributed by atoms with Gasteiger partial charge in [0.25, 0.3) is 0 Å². The third kappa shape index (κ3) is 2.49. The molecule has 92 valence electrons. The van der Waals surface area contributed by atoms with Crippen LogP contribution in [-0.4, -0.2) is 37.8 Å². The Morgan fingerprint density at radius 2 is 2.18 bits per heavy atom. The van der Waals surface area contributed by atoms with Crippen molar-refractivity contribution in [3.8, 4) is 11.5 Å². The maximum absolute atomic E-state index is 10.9. The van der Waals surface area contributed by atoms with E-state index in [1.54, 1.807) is 30.9 Å². The Morgan fingerprint density at radius 3 is 2.82 bits per heavy atom. The lowest BCUT2D eigenvalue weighted by Crippen LogP contribution is -2.22. The monoisotopic (exact) mass is 253 g/mol. The van der Waals surface area contributed by atoms with Crippen LogP contribution in [0.3, 0.4) is 0 Å². The van der Waals surface area contributed by atoms with Gasteiger partial charge < -0.3 is 14.4 Å². The van der Waals surface area contributed by atoms with Crippen LogP contribution in [0.5, 0.6) is 11.5 Å². The minimum Gasteiger partial charge on any atom is -0.497 e. The molecule has 5 heteroatoms. The van der Waals surface area contributed by atoms with Crippen molar-refractivity contribution in [3.05, 3.63) is 17.7 Å². The summed E-state index contributed by atoms with van der Waals surface area (Å²) >= 11 is 1.72. The fraction of sp³-hybridized carbons (Fsp3) is 0.417. The van der Waals surface area contributed by atoms with E-state index >= 15 is 0 Å². The SMILES string of the molecule is COc1cc2c(c(OC)c1)SCCN(C=O)C2. The number of carbonyl (C=O) groups is 1. The lowest BCUT2D eigenvalue weighted by atomic mass is 10.2. The van der Waals surface area contributed by atoms with E-state index in [0.717, 1.165) is 40.7 Å². The van der Waals surface area contributed by atoms with Gasteiger partial charge in [-0.25, -0.2) is 0 Å². The Kier molecular flexibility index (Phi) is 3.78. The highest BCUT2D eigenvalue weighted by Crippen LogP contribution is 2.38. The maximum Gasteiger partial charge on any atom is 0.210 e. The van der Waals surface area contributed by atoms with E-state index in [1.807, 2.05) is 12.1 Å². The smallest absolute Gasteiger partial charge is 0.210 e. The number of benzene rings is 1. The number of methoxy groups -OCH3 is 2. The average molecular weight is 253 g/mol. The third-order valence-electron chi connectivity index (χ3n) is 2.71. The number of hydrogen-bond acceptors (Lipinski definition) is 4. The van der Waals surface area contributed by atoms with Gasteiger partial charge in [0.05, 0.1) is 19.1 Å². The van der Waals surface area contributed by atoms with Gasteiger partial charge in [-0.1, -0.05) is 0 Å². The second kappa shape index (κ2) is 5.31. The quantitative estimate of drug-likeness (QED) is 0.770. The zero-order chi connectivity index (χ0) is 12.3. The Balaban J connectivity index is 2.43. The molecule has 1 aromatic rings. The molecule has 0 atom stereocenters. The van der Waals surface area contributed by atoms with Crippen molar-refractivity contribution in [2.24, 2.45) is 0 Å². The van der Waals surface area contributed by atoms with Crippen LogP contribution in [0.1, 0.15) is 5.56 Å². The van der Waals surface area contributed by atoms with Crippen LogP contribution >= 0.6 is 11.8 Å². The van der Waals surface area contributed by atoms with Crippen molar-refractivity contribution in [1.82, 2.24) is 4.90 Å². The average Bonchev–Trinajstić information content (AvgIpc) is 2.58. The van der Waals surface area contributed by atoms with Gasteiger partial charge in [0, 0.05) is 24.9 Å². The number of hydrogen-bond donors (Lipinski definition) is 0. The first-order valence-electron chi connectivity index (χ1n) is 5.35. The molecule has 0 spiro atoms. The summed E-state index contributed by atoms with van der Waals surface area (Å²) in [5.41, 5.74) is 1.08.